The molecule has 0 amide bonds. The van der Waals surface area contributed by atoms with Crippen LogP contribution in [-0.2, 0) is 7.05 Å². The number of alkyl halides is 2. The molecule has 15 heavy (non-hydrogen) atoms. The molecule has 1 aliphatic rings. The van der Waals surface area contributed by atoms with Crippen LogP contribution in [0.4, 0.5) is 8.78 Å². The predicted octanol–water partition coefficient (Wildman–Crippen LogP) is 1.10. The summed E-state index contributed by atoms with van der Waals surface area (Å²) >= 11 is 0. The average Bonchev–Trinajstić information content (AvgIpc) is 2.75. The van der Waals surface area contributed by atoms with Crippen molar-refractivity contribution >= 4 is 0 Å². The quantitative estimate of drug-likeness (QED) is 0.824. The Balaban J connectivity index is 2.11. The van der Waals surface area contributed by atoms with Crippen LogP contribution in [0.5, 0.6) is 5.75 Å². The Morgan fingerprint density at radius 2 is 2.47 bits per heavy atom. The molecule has 1 atom stereocenters. The van der Waals surface area contributed by atoms with E-state index >= 15 is 0 Å². The lowest BCUT2D eigenvalue weighted by Gasteiger charge is -2.11. The molecule has 1 aromatic rings. The smallest absolute Gasteiger partial charge is 0.285 e. The minimum Gasteiger partial charge on any atom is -0.485 e. The second-order valence-corrected chi connectivity index (χ2v) is 3.59. The van der Waals surface area contributed by atoms with Gasteiger partial charge in [-0.3, -0.25) is 4.68 Å². The van der Waals surface area contributed by atoms with E-state index in [2.05, 4.69) is 10.4 Å². The van der Waals surface area contributed by atoms with E-state index in [1.54, 1.807) is 7.05 Å². The first-order valence-corrected chi connectivity index (χ1v) is 4.86. The van der Waals surface area contributed by atoms with Crippen molar-refractivity contribution < 1.29 is 13.5 Å². The van der Waals surface area contributed by atoms with Crippen LogP contribution < -0.4 is 10.1 Å². The summed E-state index contributed by atoms with van der Waals surface area (Å²) in [6.45, 7) is 1.58. The molecule has 2 rings (SSSR count). The van der Waals surface area contributed by atoms with Gasteiger partial charge in [-0.05, 0) is 13.0 Å². The summed E-state index contributed by atoms with van der Waals surface area (Å²) in [5.41, 5.74) is -0.274. The number of nitrogens with one attached hydrogen (secondary N) is 1. The van der Waals surface area contributed by atoms with Crippen molar-refractivity contribution in [2.75, 3.05) is 13.1 Å². The lowest BCUT2D eigenvalue weighted by atomic mass is 10.3. The average molecular weight is 217 g/mol. The van der Waals surface area contributed by atoms with Crippen molar-refractivity contribution in [3.05, 3.63) is 11.9 Å². The van der Waals surface area contributed by atoms with E-state index in [1.807, 2.05) is 0 Å². The van der Waals surface area contributed by atoms with Crippen molar-refractivity contribution in [2.24, 2.45) is 7.05 Å². The number of aromatic nitrogens is 2. The van der Waals surface area contributed by atoms with Gasteiger partial charge in [-0.25, -0.2) is 8.78 Å². The van der Waals surface area contributed by atoms with Crippen LogP contribution in [0.1, 0.15) is 18.5 Å². The zero-order chi connectivity index (χ0) is 10.8. The topological polar surface area (TPSA) is 39.1 Å². The Hall–Kier alpha value is -1.17. The van der Waals surface area contributed by atoms with E-state index in [1.165, 1.54) is 10.9 Å². The molecular weight excluding hydrogens is 204 g/mol. The third kappa shape index (κ3) is 2.26. The zero-order valence-electron chi connectivity index (χ0n) is 8.41. The first kappa shape index (κ1) is 10.4. The molecule has 1 aromatic heterocycles. The van der Waals surface area contributed by atoms with Gasteiger partial charge < -0.3 is 10.1 Å². The Morgan fingerprint density at radius 3 is 3.07 bits per heavy atom. The number of ether oxygens (including phenoxy) is 1. The summed E-state index contributed by atoms with van der Waals surface area (Å²) in [6.07, 6.45) is -0.278. The van der Waals surface area contributed by atoms with Gasteiger partial charge in [-0.1, -0.05) is 0 Å². The first-order valence-electron chi connectivity index (χ1n) is 4.86. The Labute approximate surface area is 86.2 Å². The molecule has 1 saturated heterocycles. The molecule has 1 unspecified atom stereocenters. The first-order chi connectivity index (χ1) is 7.16. The minimum absolute atomic E-state index is 0.0216. The molecule has 84 valence electrons. The molecule has 6 heteroatoms. The van der Waals surface area contributed by atoms with Gasteiger partial charge in [0, 0.05) is 13.6 Å². The molecule has 0 spiro atoms. The molecule has 0 bridgehead atoms. The molecule has 1 N–H and O–H groups in total. The highest BCUT2D eigenvalue weighted by molar-refractivity contribution is 5.26. The maximum absolute atomic E-state index is 12.5. The Bertz CT molecular complexity index is 334. The monoisotopic (exact) mass is 217 g/mol. The summed E-state index contributed by atoms with van der Waals surface area (Å²) in [5, 5.41) is 6.78. The number of hydrogen-bond acceptors (Lipinski definition) is 3. The van der Waals surface area contributed by atoms with Crippen molar-refractivity contribution in [3.63, 3.8) is 0 Å². The van der Waals surface area contributed by atoms with Crippen LogP contribution in [-0.4, -0.2) is 29.0 Å². The van der Waals surface area contributed by atoms with Crippen molar-refractivity contribution in [2.45, 2.75) is 19.0 Å². The normalized spacial score (nSPS) is 21.2. The van der Waals surface area contributed by atoms with E-state index in [9.17, 15) is 8.78 Å². The highest BCUT2D eigenvalue weighted by Crippen LogP contribution is 2.28. The zero-order valence-corrected chi connectivity index (χ0v) is 8.41. The fourth-order valence-corrected chi connectivity index (χ4v) is 1.63. The second-order valence-electron chi connectivity index (χ2n) is 3.59. The molecule has 0 aliphatic carbocycles. The van der Waals surface area contributed by atoms with Gasteiger partial charge in [-0.15, -0.1) is 0 Å². The summed E-state index contributed by atoms with van der Waals surface area (Å²) < 4.78 is 31.9. The number of rotatable bonds is 3. The van der Waals surface area contributed by atoms with E-state index < -0.39 is 6.43 Å². The highest BCUT2D eigenvalue weighted by atomic mass is 19.3. The molecule has 2 heterocycles. The van der Waals surface area contributed by atoms with Gasteiger partial charge in [0.1, 0.15) is 6.10 Å². The number of halogens is 2. The van der Waals surface area contributed by atoms with Crippen molar-refractivity contribution in [1.29, 1.82) is 0 Å². The number of hydrogen-bond donors (Lipinski definition) is 1. The maximum atomic E-state index is 12.5. The summed E-state index contributed by atoms with van der Waals surface area (Å²) in [6, 6.07) is 0. The molecule has 1 aliphatic heterocycles. The summed E-state index contributed by atoms with van der Waals surface area (Å²) in [4.78, 5) is 0. The largest absolute Gasteiger partial charge is 0.485 e. The third-order valence-electron chi connectivity index (χ3n) is 2.34. The van der Waals surface area contributed by atoms with Gasteiger partial charge in [0.05, 0.1) is 6.20 Å². The van der Waals surface area contributed by atoms with Crippen LogP contribution in [0.2, 0.25) is 0 Å². The van der Waals surface area contributed by atoms with Crippen LogP contribution >= 0.6 is 0 Å². The van der Waals surface area contributed by atoms with Gasteiger partial charge in [0.2, 0.25) is 0 Å². The lowest BCUT2D eigenvalue weighted by molar-refractivity contribution is 0.134. The fourth-order valence-electron chi connectivity index (χ4n) is 1.63. The summed E-state index contributed by atoms with van der Waals surface area (Å²) in [5.74, 6) is 0.196. The van der Waals surface area contributed by atoms with E-state index in [4.69, 9.17) is 4.74 Å². The van der Waals surface area contributed by atoms with Gasteiger partial charge in [0.25, 0.3) is 6.43 Å². The molecule has 0 radical (unpaired) electrons. The van der Waals surface area contributed by atoms with E-state index in [0.717, 1.165) is 13.0 Å². The van der Waals surface area contributed by atoms with Gasteiger partial charge >= 0.3 is 0 Å². The minimum atomic E-state index is -2.59. The van der Waals surface area contributed by atoms with Crippen molar-refractivity contribution in [1.82, 2.24) is 15.1 Å². The standard InChI is InChI=1S/C9H13F2N3O/c1-14-5-7(8(13-14)9(10)11)15-6-2-3-12-4-6/h5-6,9,12H,2-4H2,1H3. The molecule has 4 nitrogen and oxygen atoms in total. The van der Waals surface area contributed by atoms with Crippen molar-refractivity contribution in [3.8, 4) is 5.75 Å². The number of nitrogens with zero attached hydrogens (tertiary/aromatic N) is 2. The van der Waals surface area contributed by atoms with Crippen LogP contribution in [0, 0.1) is 0 Å². The Kier molecular flexibility index (Phi) is 2.86. The molecule has 0 saturated carbocycles. The SMILES string of the molecule is Cn1cc(OC2CCNC2)c(C(F)F)n1. The van der Waals surface area contributed by atoms with Crippen LogP contribution in [0.3, 0.4) is 0 Å². The fraction of sp³-hybridized carbons (Fsp3) is 0.667. The van der Waals surface area contributed by atoms with Gasteiger partial charge in [-0.2, -0.15) is 5.10 Å². The predicted molar refractivity (Wildman–Crippen MR) is 50.1 cm³/mol. The molecular formula is C9H13F2N3O. The lowest BCUT2D eigenvalue weighted by Crippen LogP contribution is -2.19. The second kappa shape index (κ2) is 4.14. The highest BCUT2D eigenvalue weighted by Gasteiger charge is 2.23. The van der Waals surface area contributed by atoms with Crippen LogP contribution in [0.15, 0.2) is 6.20 Å². The Morgan fingerprint density at radius 1 is 1.67 bits per heavy atom. The summed E-state index contributed by atoms with van der Waals surface area (Å²) in [7, 11) is 1.60. The van der Waals surface area contributed by atoms with E-state index in [-0.39, 0.29) is 17.5 Å². The molecule has 1 fully saturated rings. The van der Waals surface area contributed by atoms with Gasteiger partial charge in [0.15, 0.2) is 11.4 Å². The van der Waals surface area contributed by atoms with Crippen LogP contribution in [0.25, 0.3) is 0 Å². The van der Waals surface area contributed by atoms with E-state index in [0.29, 0.717) is 6.54 Å². The number of aryl methyl sites for hydroxylation is 1. The maximum Gasteiger partial charge on any atom is 0.285 e. The third-order valence-corrected chi connectivity index (χ3v) is 2.34. The molecule has 0 aromatic carbocycles.